The zero-order chi connectivity index (χ0) is 14.0. The molecule has 4 heteroatoms. The molecule has 1 N–H and O–H groups in total. The van der Waals surface area contributed by atoms with Crippen LogP contribution < -0.4 is 5.32 Å². The highest BCUT2D eigenvalue weighted by Gasteiger charge is 2.09. The van der Waals surface area contributed by atoms with Gasteiger partial charge in [0.05, 0.1) is 0 Å². The number of aryl methyl sites for hydroxylation is 2. The van der Waals surface area contributed by atoms with Gasteiger partial charge in [0.2, 0.25) is 0 Å². The summed E-state index contributed by atoms with van der Waals surface area (Å²) in [5.74, 6) is 0. The summed E-state index contributed by atoms with van der Waals surface area (Å²) in [6.07, 6.45) is 0. The minimum Gasteiger partial charge on any atom is -0.316 e. The molecule has 2 rings (SSSR count). The third-order valence-electron chi connectivity index (χ3n) is 3.29. The fourth-order valence-corrected chi connectivity index (χ4v) is 2.72. The van der Waals surface area contributed by atoms with Crippen molar-refractivity contribution in [3.63, 3.8) is 0 Å². The van der Waals surface area contributed by atoms with Crippen molar-refractivity contribution in [3.05, 3.63) is 57.1 Å². The van der Waals surface area contributed by atoms with Crippen LogP contribution in [-0.2, 0) is 6.54 Å². The Morgan fingerprint density at radius 3 is 2.15 bits per heavy atom. The highest BCUT2D eigenvalue weighted by molar-refractivity contribution is 6.35. The molecule has 0 amide bonds. The van der Waals surface area contributed by atoms with Crippen molar-refractivity contribution in [3.8, 4) is 11.1 Å². The lowest BCUT2D eigenvalue weighted by Gasteiger charge is -2.13. The first-order valence-corrected chi connectivity index (χ1v) is 6.98. The molecule has 1 nitrogen and oxygen atoms in total. The van der Waals surface area contributed by atoms with E-state index in [9.17, 15) is 0 Å². The molecule has 0 aliphatic carbocycles. The molecule has 0 saturated heterocycles. The summed E-state index contributed by atoms with van der Waals surface area (Å²) in [6, 6.07) is 9.89. The zero-order valence-corrected chi connectivity index (χ0v) is 14.1. The first-order valence-electron chi connectivity index (χ1n) is 6.23. The maximum Gasteiger partial charge on any atom is 0.0485 e. The smallest absolute Gasteiger partial charge is 0.0485 e. The van der Waals surface area contributed by atoms with E-state index in [2.05, 4.69) is 31.3 Å². The minimum atomic E-state index is 0. The fraction of sp³-hybridized carbons (Fsp3) is 0.250. The Balaban J connectivity index is 0.00000200. The van der Waals surface area contributed by atoms with Gasteiger partial charge in [-0.2, -0.15) is 0 Å². The molecule has 2 aromatic rings. The number of hydrogen-bond acceptors (Lipinski definition) is 1. The first kappa shape index (κ1) is 17.3. The van der Waals surface area contributed by atoms with Gasteiger partial charge in [0.1, 0.15) is 0 Å². The van der Waals surface area contributed by atoms with Crippen LogP contribution in [0.3, 0.4) is 0 Å². The first-order chi connectivity index (χ1) is 9.02. The van der Waals surface area contributed by atoms with E-state index in [-0.39, 0.29) is 12.4 Å². The predicted molar refractivity (Wildman–Crippen MR) is 91.4 cm³/mol. The highest BCUT2D eigenvalue weighted by Crippen LogP contribution is 2.32. The minimum absolute atomic E-state index is 0. The molecule has 20 heavy (non-hydrogen) atoms. The average molecular weight is 331 g/mol. The SMILES string of the molecule is CNCc1c(C)cc(-c2cc(Cl)ccc2Cl)cc1C.Cl. The van der Waals surface area contributed by atoms with Crippen LogP contribution in [-0.4, -0.2) is 7.05 Å². The Bertz CT molecular complexity index is 586. The molecule has 108 valence electrons. The maximum absolute atomic E-state index is 6.27. The third-order valence-corrected chi connectivity index (χ3v) is 3.85. The van der Waals surface area contributed by atoms with E-state index >= 15 is 0 Å². The standard InChI is InChI=1S/C16H17Cl2N.ClH/c1-10-6-12(7-11(2)15(10)9-19-3)14-8-13(17)4-5-16(14)18;/h4-8,19H,9H2,1-3H3;1H. The fourth-order valence-electron chi connectivity index (χ4n) is 2.32. The van der Waals surface area contributed by atoms with E-state index in [0.717, 1.165) is 22.7 Å². The van der Waals surface area contributed by atoms with Gasteiger partial charge in [-0.3, -0.25) is 0 Å². The quantitative estimate of drug-likeness (QED) is 0.792. The molecule has 0 aliphatic heterocycles. The molecule has 0 aromatic heterocycles. The monoisotopic (exact) mass is 329 g/mol. The lowest BCUT2D eigenvalue weighted by Crippen LogP contribution is -2.08. The van der Waals surface area contributed by atoms with Crippen LogP contribution in [0.25, 0.3) is 11.1 Å². The topological polar surface area (TPSA) is 12.0 Å². The summed E-state index contributed by atoms with van der Waals surface area (Å²) < 4.78 is 0. The third kappa shape index (κ3) is 3.67. The number of nitrogens with one attached hydrogen (secondary N) is 1. The molecule has 0 unspecified atom stereocenters. The number of rotatable bonds is 3. The summed E-state index contributed by atoms with van der Waals surface area (Å²) >= 11 is 12.3. The van der Waals surface area contributed by atoms with E-state index in [0.29, 0.717) is 5.02 Å². The Kier molecular flexibility index (Phi) is 6.35. The van der Waals surface area contributed by atoms with Gasteiger partial charge in [-0.25, -0.2) is 0 Å². The van der Waals surface area contributed by atoms with E-state index in [1.54, 1.807) is 0 Å². The van der Waals surface area contributed by atoms with E-state index in [1.165, 1.54) is 16.7 Å². The van der Waals surface area contributed by atoms with Crippen LogP contribution in [0.15, 0.2) is 30.3 Å². The van der Waals surface area contributed by atoms with E-state index < -0.39 is 0 Å². The second kappa shape index (κ2) is 7.33. The Labute approximate surface area is 136 Å². The van der Waals surface area contributed by atoms with Gasteiger partial charge in [0.15, 0.2) is 0 Å². The Morgan fingerprint density at radius 2 is 1.60 bits per heavy atom. The van der Waals surface area contributed by atoms with Crippen molar-refractivity contribution in [1.82, 2.24) is 5.32 Å². The maximum atomic E-state index is 6.27. The second-order valence-corrected chi connectivity index (χ2v) is 5.59. The van der Waals surface area contributed by atoms with Crippen molar-refractivity contribution in [2.45, 2.75) is 20.4 Å². The molecule has 0 fully saturated rings. The Morgan fingerprint density at radius 1 is 1.00 bits per heavy atom. The molecular formula is C16H18Cl3N. The summed E-state index contributed by atoms with van der Waals surface area (Å²) in [6.45, 7) is 5.13. The largest absolute Gasteiger partial charge is 0.316 e. The number of hydrogen-bond donors (Lipinski definition) is 1. The Hall–Kier alpha value is -0.730. The van der Waals surface area contributed by atoms with Crippen LogP contribution in [0, 0.1) is 13.8 Å². The van der Waals surface area contributed by atoms with Crippen LogP contribution >= 0.6 is 35.6 Å². The predicted octanol–water partition coefficient (Wildman–Crippen LogP) is 5.42. The van der Waals surface area contributed by atoms with Gasteiger partial charge in [-0.05, 0) is 61.3 Å². The lowest BCUT2D eigenvalue weighted by atomic mass is 9.95. The van der Waals surface area contributed by atoms with Crippen molar-refractivity contribution in [2.75, 3.05) is 7.05 Å². The molecule has 0 aliphatic rings. The van der Waals surface area contributed by atoms with Crippen LogP contribution in [0.2, 0.25) is 10.0 Å². The van der Waals surface area contributed by atoms with Crippen LogP contribution in [0.4, 0.5) is 0 Å². The van der Waals surface area contributed by atoms with Crippen LogP contribution in [0.1, 0.15) is 16.7 Å². The average Bonchev–Trinajstić information content (AvgIpc) is 2.36. The molecular weight excluding hydrogens is 313 g/mol. The van der Waals surface area contributed by atoms with Crippen molar-refractivity contribution in [2.24, 2.45) is 0 Å². The van der Waals surface area contributed by atoms with E-state index in [1.807, 2.05) is 25.2 Å². The van der Waals surface area contributed by atoms with Gasteiger partial charge < -0.3 is 5.32 Å². The summed E-state index contributed by atoms with van der Waals surface area (Å²) in [4.78, 5) is 0. The summed E-state index contributed by atoms with van der Waals surface area (Å²) in [7, 11) is 1.96. The molecule has 2 aromatic carbocycles. The highest BCUT2D eigenvalue weighted by atomic mass is 35.5. The molecule has 0 heterocycles. The second-order valence-electron chi connectivity index (χ2n) is 4.74. The van der Waals surface area contributed by atoms with Crippen molar-refractivity contribution < 1.29 is 0 Å². The zero-order valence-electron chi connectivity index (χ0n) is 11.8. The van der Waals surface area contributed by atoms with E-state index in [4.69, 9.17) is 23.2 Å². The molecule has 0 bridgehead atoms. The number of halogens is 3. The van der Waals surface area contributed by atoms with Crippen molar-refractivity contribution >= 4 is 35.6 Å². The number of benzene rings is 2. The molecule has 0 atom stereocenters. The van der Waals surface area contributed by atoms with Gasteiger partial charge in [-0.1, -0.05) is 35.3 Å². The van der Waals surface area contributed by atoms with Gasteiger partial charge >= 0.3 is 0 Å². The van der Waals surface area contributed by atoms with Gasteiger partial charge in [0, 0.05) is 22.2 Å². The molecule has 0 radical (unpaired) electrons. The van der Waals surface area contributed by atoms with Gasteiger partial charge in [0.25, 0.3) is 0 Å². The normalized spacial score (nSPS) is 10.2. The van der Waals surface area contributed by atoms with Crippen LogP contribution in [0.5, 0.6) is 0 Å². The molecule has 0 spiro atoms. The van der Waals surface area contributed by atoms with Crippen molar-refractivity contribution in [1.29, 1.82) is 0 Å². The summed E-state index contributed by atoms with van der Waals surface area (Å²) in [5, 5.41) is 4.63. The molecule has 0 saturated carbocycles. The van der Waals surface area contributed by atoms with Gasteiger partial charge in [-0.15, -0.1) is 12.4 Å². The summed E-state index contributed by atoms with van der Waals surface area (Å²) in [5.41, 5.74) is 5.96. The lowest BCUT2D eigenvalue weighted by molar-refractivity contribution is 0.806.